The van der Waals surface area contributed by atoms with Crippen LogP contribution in [0.1, 0.15) is 129 Å². The van der Waals surface area contributed by atoms with Crippen molar-refractivity contribution in [2.24, 2.45) is 11.3 Å². The fraction of sp³-hybridized carbons (Fsp3) is 0.676. The van der Waals surface area contributed by atoms with Crippen LogP contribution in [-0.2, 0) is 19.1 Å². The first-order valence-corrected chi connectivity index (χ1v) is 15.8. The fourth-order valence-corrected chi connectivity index (χ4v) is 3.75. The highest BCUT2D eigenvalue weighted by molar-refractivity contribution is 7.15. The van der Waals surface area contributed by atoms with Crippen LogP contribution in [0.25, 0.3) is 0 Å². The maximum absolute atomic E-state index is 11.8. The van der Waals surface area contributed by atoms with Gasteiger partial charge in [-0.1, -0.05) is 72.0 Å². The van der Waals surface area contributed by atoms with E-state index in [0.29, 0.717) is 23.3 Å². The number of thiophene rings is 1. The zero-order valence-corrected chi connectivity index (χ0v) is 29.0. The summed E-state index contributed by atoms with van der Waals surface area (Å²) in [7, 11) is 1.26. The molecule has 1 aromatic heterocycles. The summed E-state index contributed by atoms with van der Waals surface area (Å²) in [4.78, 5) is 35.5. The van der Waals surface area contributed by atoms with Gasteiger partial charge in [0.2, 0.25) is 6.41 Å². The van der Waals surface area contributed by atoms with Gasteiger partial charge in [-0.15, -0.1) is 11.3 Å². The third kappa shape index (κ3) is 26.2. The number of amides is 1. The summed E-state index contributed by atoms with van der Waals surface area (Å²) >= 11 is 1.14. The van der Waals surface area contributed by atoms with Crippen molar-refractivity contribution in [2.45, 2.75) is 115 Å². The number of allylic oxidation sites excluding steroid dienone is 2. The Morgan fingerprint density at radius 2 is 1.66 bits per heavy atom. The summed E-state index contributed by atoms with van der Waals surface area (Å²) in [6.45, 7) is 24.6. The molecule has 0 atom stereocenters. The van der Waals surface area contributed by atoms with E-state index < -0.39 is 5.97 Å². The van der Waals surface area contributed by atoms with E-state index in [1.165, 1.54) is 32.8 Å². The molecule has 7 heteroatoms. The molecule has 2 rings (SSSR count). The van der Waals surface area contributed by atoms with Crippen molar-refractivity contribution in [2.75, 3.05) is 31.8 Å². The van der Waals surface area contributed by atoms with Gasteiger partial charge in [0.05, 0.1) is 24.2 Å². The van der Waals surface area contributed by atoms with Gasteiger partial charge in [-0.2, -0.15) is 0 Å². The summed E-state index contributed by atoms with van der Waals surface area (Å²) in [6, 6.07) is 1.62. The Morgan fingerprint density at radius 1 is 1.10 bits per heavy atom. The molecule has 1 heterocycles. The lowest BCUT2D eigenvalue weighted by Gasteiger charge is -2.13. The second kappa shape index (κ2) is 27.7. The van der Waals surface area contributed by atoms with Crippen LogP contribution in [0, 0.1) is 23.2 Å². The number of carbonyl (C=O) groups is 3. The number of ether oxygens (including phenoxy) is 2. The van der Waals surface area contributed by atoms with Gasteiger partial charge < -0.3 is 19.2 Å². The molecule has 0 N–H and O–H groups in total. The van der Waals surface area contributed by atoms with E-state index in [1.54, 1.807) is 11.6 Å². The largest absolute Gasteiger partial charge is 0.465 e. The highest BCUT2D eigenvalue weighted by Crippen LogP contribution is 2.30. The van der Waals surface area contributed by atoms with Crippen LogP contribution >= 0.6 is 11.3 Å². The van der Waals surface area contributed by atoms with Crippen molar-refractivity contribution in [3.63, 3.8) is 0 Å². The van der Waals surface area contributed by atoms with E-state index >= 15 is 0 Å². The van der Waals surface area contributed by atoms with Crippen molar-refractivity contribution in [1.82, 2.24) is 0 Å². The van der Waals surface area contributed by atoms with Crippen LogP contribution in [0.15, 0.2) is 17.7 Å². The van der Waals surface area contributed by atoms with Crippen molar-refractivity contribution in [3.05, 3.63) is 27.5 Å². The zero-order valence-electron chi connectivity index (χ0n) is 28.1. The van der Waals surface area contributed by atoms with Crippen LogP contribution in [0.5, 0.6) is 0 Å². The Hall–Kier alpha value is -2.43. The van der Waals surface area contributed by atoms with E-state index in [1.807, 2.05) is 34.6 Å². The molecule has 0 saturated heterocycles. The third-order valence-corrected chi connectivity index (χ3v) is 5.59. The van der Waals surface area contributed by atoms with Crippen LogP contribution in [-0.4, -0.2) is 45.5 Å². The average molecular weight is 594 g/mol. The van der Waals surface area contributed by atoms with Crippen LogP contribution in [0.4, 0.5) is 5.69 Å². The number of hydrogen-bond donors (Lipinski definition) is 0. The van der Waals surface area contributed by atoms with E-state index in [4.69, 9.17) is 9.47 Å². The lowest BCUT2D eigenvalue weighted by atomic mass is 9.98. The van der Waals surface area contributed by atoms with Gasteiger partial charge in [0.15, 0.2) is 0 Å². The van der Waals surface area contributed by atoms with Gasteiger partial charge in [-0.25, -0.2) is 4.79 Å². The molecule has 1 aliphatic carbocycles. The smallest absolute Gasteiger partial charge is 0.350 e. The molecular formula is C34H59NO5S. The number of carbonyl (C=O) groups excluding carboxylic acids is 3. The summed E-state index contributed by atoms with van der Waals surface area (Å²) < 4.78 is 9.83. The first-order chi connectivity index (χ1) is 19.4. The molecule has 0 aliphatic heterocycles. The molecule has 236 valence electrons. The van der Waals surface area contributed by atoms with Crippen LogP contribution in [0.2, 0.25) is 0 Å². The standard InChI is InChI=1S/C15H17NO4S.C7H12.C6H14O.C4H10.C2H6/c1-15(2,3)6-5-11-9-12(16(10-18)7-8-17)13(21-11)14(19)20-4;1-7-5-3-2-4-6-7;1-3-5-7-6-4-2;1-4(2)3;1-2/h8-10H,7H2,1-4H3;5H,2-4,6H2,1H3;3-6H2,1-2H3;4H,1-3H3;1-2H3. The quantitative estimate of drug-likeness (QED) is 0.0938. The molecule has 1 aromatic rings. The van der Waals surface area contributed by atoms with Gasteiger partial charge in [-0.05, 0) is 78.2 Å². The molecule has 0 fully saturated rings. The van der Waals surface area contributed by atoms with Crippen molar-refractivity contribution in [3.8, 4) is 11.8 Å². The number of aldehydes is 1. The number of anilines is 1. The molecule has 6 nitrogen and oxygen atoms in total. The maximum Gasteiger partial charge on any atom is 0.350 e. The number of esters is 1. The first-order valence-electron chi connectivity index (χ1n) is 15.0. The highest BCUT2D eigenvalue weighted by Gasteiger charge is 2.21. The van der Waals surface area contributed by atoms with Crippen LogP contribution < -0.4 is 4.90 Å². The predicted octanol–water partition coefficient (Wildman–Crippen LogP) is 9.11. The van der Waals surface area contributed by atoms with Gasteiger partial charge in [0.25, 0.3) is 0 Å². The summed E-state index contributed by atoms with van der Waals surface area (Å²) in [6.07, 6.45) is 11.2. The second-order valence-electron chi connectivity index (χ2n) is 10.9. The molecule has 1 amide bonds. The SMILES string of the molecule is CC.CC(C)C.CC1=CCCCC1.CCCOCCC.COC(=O)c1sc(C#CC(C)(C)C)cc1N(C=O)CC=O. The van der Waals surface area contributed by atoms with E-state index in [2.05, 4.69) is 59.5 Å². The molecule has 0 radical (unpaired) electrons. The summed E-state index contributed by atoms with van der Waals surface area (Å²) in [5.41, 5.74) is 1.75. The lowest BCUT2D eigenvalue weighted by molar-refractivity contribution is -0.111. The Kier molecular flexibility index (Phi) is 29.1. The van der Waals surface area contributed by atoms with Gasteiger partial charge >= 0.3 is 5.97 Å². The number of methoxy groups -OCH3 is 1. The third-order valence-electron chi connectivity index (χ3n) is 4.57. The molecule has 0 saturated carbocycles. The topological polar surface area (TPSA) is 72.9 Å². The molecule has 0 bridgehead atoms. The Labute approximate surface area is 256 Å². The lowest BCUT2D eigenvalue weighted by Crippen LogP contribution is -2.24. The molecule has 0 spiro atoms. The summed E-state index contributed by atoms with van der Waals surface area (Å²) in [5.74, 6) is 6.31. The molecule has 41 heavy (non-hydrogen) atoms. The van der Waals surface area contributed by atoms with Crippen molar-refractivity contribution >= 4 is 35.7 Å². The van der Waals surface area contributed by atoms with Gasteiger partial charge in [0.1, 0.15) is 11.2 Å². The van der Waals surface area contributed by atoms with Crippen LogP contribution in [0.3, 0.4) is 0 Å². The Balaban J connectivity index is -0.000000585. The second-order valence-corrected chi connectivity index (χ2v) is 11.9. The summed E-state index contributed by atoms with van der Waals surface area (Å²) in [5, 5.41) is 0. The number of nitrogens with zero attached hydrogens (tertiary/aromatic N) is 1. The van der Waals surface area contributed by atoms with E-state index in [-0.39, 0.29) is 16.8 Å². The Morgan fingerprint density at radius 3 is 2.00 bits per heavy atom. The molecular weight excluding hydrogens is 534 g/mol. The van der Waals surface area contributed by atoms with E-state index in [0.717, 1.165) is 48.2 Å². The number of rotatable bonds is 9. The Bertz CT molecular complexity index is 894. The molecule has 1 aliphatic rings. The van der Waals surface area contributed by atoms with E-state index in [9.17, 15) is 14.4 Å². The van der Waals surface area contributed by atoms with Crippen molar-refractivity contribution < 1.29 is 23.9 Å². The monoisotopic (exact) mass is 593 g/mol. The average Bonchev–Trinajstić information content (AvgIpc) is 3.36. The highest BCUT2D eigenvalue weighted by atomic mass is 32.1. The minimum absolute atomic E-state index is 0.129. The zero-order chi connectivity index (χ0) is 32.3. The van der Waals surface area contributed by atoms with Gasteiger partial charge in [-0.3, -0.25) is 4.79 Å². The fourth-order valence-electron chi connectivity index (χ4n) is 2.81. The normalized spacial score (nSPS) is 11.6. The first kappa shape index (κ1) is 43.0. The van der Waals surface area contributed by atoms with Gasteiger partial charge in [0, 0.05) is 18.6 Å². The minimum Gasteiger partial charge on any atom is -0.465 e. The number of hydrogen-bond acceptors (Lipinski definition) is 6. The predicted molar refractivity (Wildman–Crippen MR) is 177 cm³/mol. The minimum atomic E-state index is -0.559. The molecule has 0 aromatic carbocycles. The maximum atomic E-state index is 11.8. The van der Waals surface area contributed by atoms with Crippen molar-refractivity contribution in [1.29, 1.82) is 0 Å². The molecule has 0 unspecified atom stereocenters.